The lowest BCUT2D eigenvalue weighted by molar-refractivity contribution is -0.150. The molecule has 0 radical (unpaired) electrons. The highest BCUT2D eigenvalue weighted by Gasteiger charge is 2.53. The van der Waals surface area contributed by atoms with Gasteiger partial charge in [0, 0.05) is 6.42 Å². The maximum absolute atomic E-state index is 14.1. The summed E-state index contributed by atoms with van der Waals surface area (Å²) >= 11 is 0. The Kier molecular flexibility index (Phi) is 5.66. The maximum atomic E-state index is 14.1. The van der Waals surface area contributed by atoms with Crippen molar-refractivity contribution in [1.29, 1.82) is 0 Å². The second kappa shape index (κ2) is 7.61. The van der Waals surface area contributed by atoms with Gasteiger partial charge < -0.3 is 9.47 Å². The predicted molar refractivity (Wildman–Crippen MR) is 97.8 cm³/mol. The number of carbonyl (C=O) groups excluding carboxylic acids is 1. The largest absolute Gasteiger partial charge is 0.464 e. The minimum absolute atomic E-state index is 0.00879. The average Bonchev–Trinajstić information content (AvgIpc) is 3.01. The zero-order valence-electron chi connectivity index (χ0n) is 16.2. The van der Waals surface area contributed by atoms with Crippen LogP contribution in [0.5, 0.6) is 0 Å². The number of halogens is 2. The number of hydrogen-bond acceptors (Lipinski definition) is 8. The molecule has 5 fully saturated rings. The molecule has 1 unspecified atom stereocenters. The van der Waals surface area contributed by atoms with E-state index in [0.29, 0.717) is 17.8 Å². The summed E-state index contributed by atoms with van der Waals surface area (Å²) in [5.74, 6) is 0.678. The zero-order chi connectivity index (χ0) is 21.8. The first kappa shape index (κ1) is 22.3. The van der Waals surface area contributed by atoms with Crippen molar-refractivity contribution >= 4 is 26.3 Å². The topological polar surface area (TPSA) is 125 Å². The first-order chi connectivity index (χ1) is 13.9. The van der Waals surface area contributed by atoms with E-state index in [0.717, 1.165) is 42.7 Å². The van der Waals surface area contributed by atoms with Gasteiger partial charge in [-0.05, 0) is 61.7 Å². The molecule has 0 spiro atoms. The molecule has 1 atom stereocenters. The Hall–Kier alpha value is -0.890. The Morgan fingerprint density at radius 2 is 1.63 bits per heavy atom. The van der Waals surface area contributed by atoms with Crippen LogP contribution in [-0.2, 0) is 38.8 Å². The van der Waals surface area contributed by atoms with E-state index in [1.165, 1.54) is 0 Å². The first-order valence-corrected chi connectivity index (χ1v) is 12.9. The van der Waals surface area contributed by atoms with Crippen LogP contribution < -0.4 is 4.13 Å². The van der Waals surface area contributed by atoms with Crippen LogP contribution in [0.2, 0.25) is 0 Å². The standard InChI is InChI=1S/C17H25F2NO8S2/c18-17(19,10-27-14-1-2-26-15(14)21)29(22,23)20-30(24,25)28-9-16-6-11-3-12(7-16)5-13(4-11)8-16/h11-14,20H,1-10H2. The molecule has 0 aromatic rings. The van der Waals surface area contributed by atoms with Crippen molar-refractivity contribution in [2.75, 3.05) is 19.8 Å². The van der Waals surface area contributed by atoms with Crippen molar-refractivity contribution < 1.29 is 44.1 Å². The molecular formula is C17H25F2NO8S2. The highest BCUT2D eigenvalue weighted by Crippen LogP contribution is 2.60. The molecule has 0 amide bonds. The van der Waals surface area contributed by atoms with E-state index < -0.39 is 44.3 Å². The summed E-state index contributed by atoms with van der Waals surface area (Å²) in [6.07, 6.45) is 4.50. The fraction of sp³-hybridized carbons (Fsp3) is 0.941. The third-order valence-corrected chi connectivity index (χ3v) is 9.66. The molecule has 0 aromatic heterocycles. The van der Waals surface area contributed by atoms with Crippen LogP contribution in [0.25, 0.3) is 0 Å². The number of sulfonamides is 1. The molecule has 5 rings (SSSR count). The van der Waals surface area contributed by atoms with Crippen LogP contribution in [0.4, 0.5) is 8.78 Å². The van der Waals surface area contributed by atoms with E-state index >= 15 is 0 Å². The molecule has 4 aliphatic carbocycles. The number of rotatable bonds is 9. The SMILES string of the molecule is O=C1OCCC1OCC(F)(F)S(=O)(=O)NS(=O)(=O)OCC12CC3CC(CC(C3)C1)C2. The van der Waals surface area contributed by atoms with Gasteiger partial charge in [-0.1, -0.05) is 4.13 Å². The van der Waals surface area contributed by atoms with Crippen LogP contribution in [0.1, 0.15) is 44.9 Å². The summed E-state index contributed by atoms with van der Waals surface area (Å²) in [5, 5.41) is -4.59. The second-order valence-electron chi connectivity index (χ2n) is 9.11. The zero-order valence-corrected chi connectivity index (χ0v) is 17.9. The molecular weight excluding hydrogens is 448 g/mol. The smallest absolute Gasteiger partial charge is 0.382 e. The number of alkyl halides is 2. The summed E-state index contributed by atoms with van der Waals surface area (Å²) in [7, 11) is -10.7. The minimum Gasteiger partial charge on any atom is -0.464 e. The molecule has 1 aliphatic heterocycles. The number of hydrogen-bond donors (Lipinski definition) is 1. The number of carbonyl (C=O) groups is 1. The molecule has 4 bridgehead atoms. The molecule has 13 heteroatoms. The van der Waals surface area contributed by atoms with Gasteiger partial charge in [-0.2, -0.15) is 17.2 Å². The Balaban J connectivity index is 1.35. The summed E-state index contributed by atoms with van der Waals surface area (Å²) < 4.78 is 91.4. The van der Waals surface area contributed by atoms with Crippen LogP contribution in [0, 0.1) is 23.2 Å². The highest BCUT2D eigenvalue weighted by atomic mass is 32.3. The number of esters is 1. The van der Waals surface area contributed by atoms with Gasteiger partial charge in [-0.3, -0.25) is 4.18 Å². The van der Waals surface area contributed by atoms with Crippen molar-refractivity contribution in [1.82, 2.24) is 4.13 Å². The Morgan fingerprint density at radius 3 is 2.13 bits per heavy atom. The molecule has 172 valence electrons. The van der Waals surface area contributed by atoms with Gasteiger partial charge in [0.2, 0.25) is 0 Å². The quantitative estimate of drug-likeness (QED) is 0.497. The van der Waals surface area contributed by atoms with Gasteiger partial charge in [0.1, 0.15) is 6.61 Å². The van der Waals surface area contributed by atoms with Gasteiger partial charge in [-0.15, -0.1) is 0 Å². The van der Waals surface area contributed by atoms with Gasteiger partial charge in [0.25, 0.3) is 10.0 Å². The fourth-order valence-corrected chi connectivity index (χ4v) is 8.18. The van der Waals surface area contributed by atoms with Crippen molar-refractivity contribution in [2.45, 2.75) is 56.3 Å². The summed E-state index contributed by atoms with van der Waals surface area (Å²) in [6, 6.07) is 0. The first-order valence-electron chi connectivity index (χ1n) is 9.97. The molecule has 9 nitrogen and oxygen atoms in total. The van der Waals surface area contributed by atoms with E-state index in [2.05, 4.69) is 9.47 Å². The van der Waals surface area contributed by atoms with Crippen molar-refractivity contribution in [3.63, 3.8) is 0 Å². The Bertz CT molecular complexity index is 869. The third kappa shape index (κ3) is 4.50. The van der Waals surface area contributed by atoms with Crippen LogP contribution >= 0.6 is 0 Å². The highest BCUT2D eigenvalue weighted by molar-refractivity contribution is 8.03. The molecule has 4 saturated carbocycles. The summed E-state index contributed by atoms with van der Waals surface area (Å²) in [5.41, 5.74) is -0.346. The third-order valence-electron chi connectivity index (χ3n) is 6.63. The summed E-state index contributed by atoms with van der Waals surface area (Å²) in [6.45, 7) is -1.93. The van der Waals surface area contributed by atoms with Gasteiger partial charge in [-0.25, -0.2) is 13.2 Å². The number of nitrogens with one attached hydrogen (secondary N) is 1. The van der Waals surface area contributed by atoms with Gasteiger partial charge >= 0.3 is 21.5 Å². The van der Waals surface area contributed by atoms with Crippen molar-refractivity contribution in [3.05, 3.63) is 0 Å². The fourth-order valence-electron chi connectivity index (χ4n) is 5.79. The van der Waals surface area contributed by atoms with Crippen molar-refractivity contribution in [2.24, 2.45) is 23.2 Å². The lowest BCUT2D eigenvalue weighted by Crippen LogP contribution is -2.50. The van der Waals surface area contributed by atoms with E-state index in [9.17, 15) is 30.4 Å². The molecule has 5 aliphatic rings. The van der Waals surface area contributed by atoms with Crippen LogP contribution in [-0.4, -0.2) is 54.0 Å². The van der Waals surface area contributed by atoms with E-state index in [-0.39, 0.29) is 25.0 Å². The molecule has 0 aromatic carbocycles. The van der Waals surface area contributed by atoms with Crippen molar-refractivity contribution in [3.8, 4) is 0 Å². The number of ether oxygens (including phenoxy) is 2. The van der Waals surface area contributed by atoms with Gasteiger partial charge in [0.05, 0.1) is 13.2 Å². The lowest BCUT2D eigenvalue weighted by atomic mass is 9.50. The monoisotopic (exact) mass is 473 g/mol. The molecule has 30 heavy (non-hydrogen) atoms. The van der Waals surface area contributed by atoms with E-state index in [4.69, 9.17) is 4.18 Å². The average molecular weight is 474 g/mol. The minimum atomic E-state index is -5.68. The predicted octanol–water partition coefficient (Wildman–Crippen LogP) is 1.31. The second-order valence-corrected chi connectivity index (χ2v) is 12.5. The molecule has 1 saturated heterocycles. The van der Waals surface area contributed by atoms with Gasteiger partial charge in [0.15, 0.2) is 6.10 Å². The summed E-state index contributed by atoms with van der Waals surface area (Å²) in [4.78, 5) is 11.2. The Morgan fingerprint density at radius 1 is 1.07 bits per heavy atom. The lowest BCUT2D eigenvalue weighted by Gasteiger charge is -2.56. The van der Waals surface area contributed by atoms with Crippen LogP contribution in [0.3, 0.4) is 0 Å². The Labute approximate surface area is 174 Å². The van der Waals surface area contributed by atoms with E-state index in [1.54, 1.807) is 0 Å². The molecule has 1 N–H and O–H groups in total. The van der Waals surface area contributed by atoms with Crippen LogP contribution in [0.15, 0.2) is 0 Å². The van der Waals surface area contributed by atoms with E-state index in [1.807, 2.05) is 0 Å². The number of cyclic esters (lactones) is 1. The molecule has 1 heterocycles. The maximum Gasteiger partial charge on any atom is 0.382 e. The normalized spacial score (nSPS) is 36.3.